The van der Waals surface area contributed by atoms with Gasteiger partial charge < -0.3 is 41.2 Å². The number of hydrogen-bond donors (Lipinski definition) is 6. The molecule has 6 atom stereocenters. The summed E-state index contributed by atoms with van der Waals surface area (Å²) >= 11 is 0. The quantitative estimate of drug-likeness (QED) is 0.185. The van der Waals surface area contributed by atoms with Gasteiger partial charge in [-0.1, -0.05) is 30.3 Å². The average molecular weight is 559 g/mol. The van der Waals surface area contributed by atoms with Crippen LogP contribution in [0.25, 0.3) is 0 Å². The first-order valence-corrected chi connectivity index (χ1v) is 13.2. The van der Waals surface area contributed by atoms with Crippen molar-refractivity contribution in [3.8, 4) is 0 Å². The number of nitrogens with zero attached hydrogens (tertiary/aromatic N) is 2. The van der Waals surface area contributed by atoms with E-state index in [9.17, 15) is 29.4 Å². The van der Waals surface area contributed by atoms with Gasteiger partial charge in [-0.25, -0.2) is 9.78 Å². The molecule has 1 aromatic heterocycles. The minimum Gasteiger partial charge on any atom is -0.480 e. The lowest BCUT2D eigenvalue weighted by Gasteiger charge is -2.42. The van der Waals surface area contributed by atoms with Crippen LogP contribution in [0.3, 0.4) is 0 Å². The summed E-state index contributed by atoms with van der Waals surface area (Å²) in [5.41, 5.74) is 7.48. The number of aliphatic hydroxyl groups excluding tert-OH is 1. The zero-order valence-electron chi connectivity index (χ0n) is 22.7. The van der Waals surface area contributed by atoms with Crippen molar-refractivity contribution in [1.82, 2.24) is 25.5 Å². The molecule has 1 aliphatic rings. The first kappa shape index (κ1) is 30.7. The van der Waals surface area contributed by atoms with Gasteiger partial charge in [-0.15, -0.1) is 0 Å². The molecule has 0 unspecified atom stereocenters. The number of aromatic nitrogens is 2. The van der Waals surface area contributed by atoms with Gasteiger partial charge in [-0.3, -0.25) is 14.4 Å². The van der Waals surface area contributed by atoms with Crippen molar-refractivity contribution >= 4 is 23.7 Å². The smallest absolute Gasteiger partial charge is 0.326 e. The number of carboxylic acids is 1. The van der Waals surface area contributed by atoms with Crippen molar-refractivity contribution in [2.75, 3.05) is 13.7 Å². The third-order valence-electron chi connectivity index (χ3n) is 6.99. The molecular weight excluding hydrogens is 520 g/mol. The molecule has 0 saturated carbocycles. The number of carboxylic acid groups (broad SMARTS) is 1. The summed E-state index contributed by atoms with van der Waals surface area (Å²) in [4.78, 5) is 59.4. The van der Waals surface area contributed by atoms with E-state index in [2.05, 4.69) is 20.6 Å². The number of imidazole rings is 1. The maximum atomic E-state index is 13.7. The fraction of sp³-hybridized carbons (Fsp3) is 0.519. The van der Waals surface area contributed by atoms with Crippen LogP contribution in [0, 0.1) is 0 Å². The van der Waals surface area contributed by atoms with E-state index in [1.165, 1.54) is 31.5 Å². The van der Waals surface area contributed by atoms with Crippen molar-refractivity contribution < 1.29 is 34.1 Å². The van der Waals surface area contributed by atoms with E-state index < -0.39 is 60.1 Å². The van der Waals surface area contributed by atoms with Crippen molar-refractivity contribution in [3.05, 3.63) is 54.1 Å². The van der Waals surface area contributed by atoms with E-state index in [0.29, 0.717) is 18.5 Å². The number of benzene rings is 1. The molecule has 13 heteroatoms. The predicted octanol–water partition coefficient (Wildman–Crippen LogP) is -0.647. The van der Waals surface area contributed by atoms with E-state index >= 15 is 0 Å². The normalized spacial score (nSPS) is 20.1. The maximum absolute atomic E-state index is 13.7. The molecule has 2 heterocycles. The molecule has 3 rings (SSSR count). The van der Waals surface area contributed by atoms with Gasteiger partial charge in [-0.2, -0.15) is 0 Å². The van der Waals surface area contributed by atoms with Gasteiger partial charge in [0.1, 0.15) is 12.1 Å². The van der Waals surface area contributed by atoms with Crippen LogP contribution in [-0.4, -0.2) is 98.8 Å². The topological polar surface area (TPSA) is 200 Å². The van der Waals surface area contributed by atoms with Crippen LogP contribution in [0.1, 0.15) is 37.4 Å². The van der Waals surface area contributed by atoms with Gasteiger partial charge in [0, 0.05) is 38.4 Å². The number of likely N-dealkylation sites (tertiary alicyclic amines) is 1. The Labute approximate surface area is 232 Å². The number of carbonyl (C=O) groups excluding carboxylic acids is 3. The van der Waals surface area contributed by atoms with E-state index in [4.69, 9.17) is 10.5 Å². The number of H-pyrrole nitrogens is 1. The number of aliphatic carboxylic acids is 1. The summed E-state index contributed by atoms with van der Waals surface area (Å²) in [5, 5.41) is 25.1. The van der Waals surface area contributed by atoms with E-state index in [0.717, 1.165) is 5.56 Å². The van der Waals surface area contributed by atoms with Gasteiger partial charge in [0.05, 0.1) is 30.6 Å². The molecule has 7 N–H and O–H groups in total. The van der Waals surface area contributed by atoms with Crippen molar-refractivity contribution in [2.45, 2.75) is 75.4 Å². The Balaban J connectivity index is 1.71. The Morgan fingerprint density at radius 1 is 1.20 bits per heavy atom. The van der Waals surface area contributed by atoms with Crippen LogP contribution < -0.4 is 16.4 Å². The minimum absolute atomic E-state index is 0.00145. The van der Waals surface area contributed by atoms with Crippen LogP contribution in [0.5, 0.6) is 0 Å². The highest BCUT2D eigenvalue weighted by Crippen LogP contribution is 2.24. The zero-order chi connectivity index (χ0) is 29.2. The Morgan fingerprint density at radius 3 is 2.52 bits per heavy atom. The molecule has 0 radical (unpaired) electrons. The van der Waals surface area contributed by atoms with E-state index in [-0.39, 0.29) is 25.8 Å². The zero-order valence-corrected chi connectivity index (χ0v) is 22.7. The molecular formula is C27H38N6O7. The summed E-state index contributed by atoms with van der Waals surface area (Å²) in [6.07, 6.45) is 2.29. The molecule has 0 spiro atoms. The first-order chi connectivity index (χ1) is 19.1. The van der Waals surface area contributed by atoms with Crippen LogP contribution in [0.15, 0.2) is 42.9 Å². The Hall–Kier alpha value is -3.81. The highest BCUT2D eigenvalue weighted by Gasteiger charge is 2.40. The minimum atomic E-state index is -1.30. The second-order valence-electron chi connectivity index (χ2n) is 9.98. The van der Waals surface area contributed by atoms with Crippen molar-refractivity contribution in [1.29, 1.82) is 0 Å². The van der Waals surface area contributed by atoms with Gasteiger partial charge in [0.2, 0.25) is 17.7 Å². The lowest BCUT2D eigenvalue weighted by Crippen LogP contribution is -2.62. The van der Waals surface area contributed by atoms with Crippen LogP contribution in [0.2, 0.25) is 0 Å². The monoisotopic (exact) mass is 558 g/mol. The summed E-state index contributed by atoms with van der Waals surface area (Å²) in [6, 6.07) is 4.97. The molecule has 1 aliphatic heterocycles. The van der Waals surface area contributed by atoms with Crippen LogP contribution >= 0.6 is 0 Å². The number of aromatic amines is 1. The average Bonchev–Trinajstić information content (AvgIpc) is 3.44. The number of aliphatic hydroxyl groups is 1. The molecule has 40 heavy (non-hydrogen) atoms. The third-order valence-corrected chi connectivity index (χ3v) is 6.99. The number of nitrogens with two attached hydrogens (primary N) is 1. The second kappa shape index (κ2) is 14.5. The summed E-state index contributed by atoms with van der Waals surface area (Å²) in [7, 11) is 1.47. The molecule has 1 fully saturated rings. The number of ether oxygens (including phenoxy) is 1. The molecule has 1 aromatic carbocycles. The number of carbonyl (C=O) groups is 4. The van der Waals surface area contributed by atoms with Crippen LogP contribution in [0.4, 0.5) is 0 Å². The Kier molecular flexibility index (Phi) is 11.2. The highest BCUT2D eigenvalue weighted by atomic mass is 16.5. The third kappa shape index (κ3) is 8.34. The molecule has 0 aliphatic carbocycles. The largest absolute Gasteiger partial charge is 0.480 e. The van der Waals surface area contributed by atoms with Gasteiger partial charge >= 0.3 is 5.97 Å². The lowest BCUT2D eigenvalue weighted by molar-refractivity contribution is -0.149. The fourth-order valence-corrected chi connectivity index (χ4v) is 4.86. The van der Waals surface area contributed by atoms with Gasteiger partial charge in [-0.05, 0) is 31.7 Å². The Morgan fingerprint density at radius 2 is 1.93 bits per heavy atom. The highest BCUT2D eigenvalue weighted by molar-refractivity contribution is 5.91. The predicted molar refractivity (Wildman–Crippen MR) is 144 cm³/mol. The molecule has 0 bridgehead atoms. The van der Waals surface area contributed by atoms with E-state index in [1.807, 2.05) is 30.3 Å². The van der Waals surface area contributed by atoms with Crippen LogP contribution in [-0.2, 0) is 36.8 Å². The summed E-state index contributed by atoms with van der Waals surface area (Å²) in [5.74, 6) is -2.98. The van der Waals surface area contributed by atoms with Crippen molar-refractivity contribution in [2.24, 2.45) is 5.73 Å². The van der Waals surface area contributed by atoms with Gasteiger partial charge in [0.25, 0.3) is 0 Å². The number of amides is 3. The summed E-state index contributed by atoms with van der Waals surface area (Å²) < 4.78 is 5.58. The number of methoxy groups -OCH3 is 1. The number of nitrogens with one attached hydrogen (secondary N) is 3. The molecule has 2 aromatic rings. The number of hydrogen-bond acceptors (Lipinski definition) is 8. The molecule has 1 saturated heterocycles. The van der Waals surface area contributed by atoms with E-state index in [1.54, 1.807) is 0 Å². The standard InChI is InChI=1S/C27H38N6O7/c1-16(34)24(32-25(36)19(28)11-17-7-4-3-5-8-17)26(37)33-10-6-9-22(40-2)21(33)13-23(35)31-20(27(38)39)12-18-14-29-15-30-18/h3-5,7-8,14-16,19-22,24,34H,6,9-13,28H2,1-2H3,(H,29,30)(H,31,35)(H,32,36)(H,38,39)/t16-,19-,20-,21+,22+,24-/m0/s1. The molecule has 3 amide bonds. The second-order valence-corrected chi connectivity index (χ2v) is 9.98. The Bertz CT molecular complexity index is 1130. The first-order valence-electron chi connectivity index (χ1n) is 13.2. The lowest BCUT2D eigenvalue weighted by atomic mass is 9.93. The fourth-order valence-electron chi connectivity index (χ4n) is 4.86. The molecule has 218 valence electrons. The number of rotatable bonds is 13. The SMILES string of the molecule is CO[C@@H]1CCCN(C(=O)[C@@H](NC(=O)[C@@H](N)Cc2ccccc2)[C@H](C)O)[C@@H]1CC(=O)N[C@@H](Cc1cnc[nH]1)C(=O)O. The van der Waals surface area contributed by atoms with Gasteiger partial charge in [0.15, 0.2) is 0 Å². The maximum Gasteiger partial charge on any atom is 0.326 e. The number of piperidine rings is 1. The molecule has 13 nitrogen and oxygen atoms in total. The summed E-state index contributed by atoms with van der Waals surface area (Å²) in [6.45, 7) is 1.65. The van der Waals surface area contributed by atoms with Crippen molar-refractivity contribution in [3.63, 3.8) is 0 Å².